The summed E-state index contributed by atoms with van der Waals surface area (Å²) in [6.45, 7) is 2.47. The summed E-state index contributed by atoms with van der Waals surface area (Å²) in [5.74, 6) is -7.55. The monoisotopic (exact) mass is 645 g/mol. The maximum absolute atomic E-state index is 14.2. The number of primary amides is 1. The predicted molar refractivity (Wildman–Crippen MR) is 158 cm³/mol. The Morgan fingerprint density at radius 1 is 1.18 bits per heavy atom. The van der Waals surface area contributed by atoms with E-state index in [1.54, 1.807) is 39.2 Å². The maximum Gasteiger partial charge on any atom is 0.255 e. The average Bonchev–Trinajstić information content (AvgIpc) is 3.28. The van der Waals surface area contributed by atoms with Gasteiger partial charge in [0.1, 0.15) is 33.4 Å². The minimum Gasteiger partial charge on any atom is -0.510 e. The molecule has 0 saturated heterocycles. The molecule has 0 saturated carbocycles. The fraction of sp³-hybridized carbons (Fsp3) is 0.448. The first kappa shape index (κ1) is 32.2. The van der Waals surface area contributed by atoms with Crippen molar-refractivity contribution in [2.75, 3.05) is 33.1 Å². The van der Waals surface area contributed by atoms with Crippen LogP contribution in [0.1, 0.15) is 39.4 Å². The third-order valence-corrected chi connectivity index (χ3v) is 10.6. The lowest BCUT2D eigenvalue weighted by atomic mass is 9.58. The van der Waals surface area contributed by atoms with Gasteiger partial charge >= 0.3 is 0 Å². The number of likely N-dealkylation sites (N-methyl/N-ethyl adjacent to an activating group) is 1. The number of allylic oxidation sites excluding steroid dienone is 1. The zero-order valence-electron chi connectivity index (χ0n) is 25.5. The van der Waals surface area contributed by atoms with Crippen molar-refractivity contribution in [3.63, 3.8) is 0 Å². The smallest absolute Gasteiger partial charge is 0.255 e. The van der Waals surface area contributed by atoms with E-state index < -0.39 is 80.4 Å². The van der Waals surface area contributed by atoms with E-state index in [1.165, 1.54) is 18.7 Å². The number of carbonyl (C=O) groups is 3. The second-order valence-electron chi connectivity index (χ2n) is 12.1. The Labute approximate surface area is 258 Å². The van der Waals surface area contributed by atoms with Crippen LogP contribution in [-0.4, -0.2) is 96.2 Å². The number of nitrogens with zero attached hydrogens (tertiary/aromatic N) is 3. The molecule has 3 aliphatic rings. The van der Waals surface area contributed by atoms with Gasteiger partial charge in [0.05, 0.1) is 11.6 Å². The first-order chi connectivity index (χ1) is 20.9. The number of carbonyl (C=O) groups excluding carboxylic acids is 3. The normalized spacial score (nSPS) is 24.9. The summed E-state index contributed by atoms with van der Waals surface area (Å²) in [5.41, 5.74) is 2.25. The van der Waals surface area contributed by atoms with Crippen molar-refractivity contribution in [2.24, 2.45) is 17.6 Å². The zero-order chi connectivity index (χ0) is 33.5. The van der Waals surface area contributed by atoms with Crippen LogP contribution in [0.3, 0.4) is 0 Å². The number of nitrogens with one attached hydrogen (secondary N) is 1. The molecule has 242 valence electrons. The number of benzene rings is 1. The molecule has 45 heavy (non-hydrogen) atoms. The standard InChI is InChI=1S/C29H35N5O10S/c1-11-25(12(2)44-32-11)45(42,43)31-10-14-9-17(33(3)4)15-7-13-8-16-21(34(5)6)24(37)20(28(30)40)27(39)29(16,41)26(38)18(13)23(36)19(15)22(14)35/h9,13,16,21,31,35,37-38,41H,7-8,10H2,1-6H3,(H2,30,40)/t13-,16-,21-,29-/m0/s1. The highest BCUT2D eigenvalue weighted by molar-refractivity contribution is 7.89. The van der Waals surface area contributed by atoms with Crippen LogP contribution in [0.25, 0.3) is 0 Å². The summed E-state index contributed by atoms with van der Waals surface area (Å²) in [7, 11) is 2.36. The van der Waals surface area contributed by atoms with Gasteiger partial charge in [-0.3, -0.25) is 19.3 Å². The number of amides is 1. The van der Waals surface area contributed by atoms with Crippen LogP contribution in [0.5, 0.6) is 5.75 Å². The highest BCUT2D eigenvalue weighted by atomic mass is 32.2. The van der Waals surface area contributed by atoms with E-state index in [0.717, 1.165) is 0 Å². The van der Waals surface area contributed by atoms with E-state index in [4.69, 9.17) is 10.3 Å². The summed E-state index contributed by atoms with van der Waals surface area (Å²) in [6, 6.07) is 0.441. The second-order valence-corrected chi connectivity index (χ2v) is 13.8. The van der Waals surface area contributed by atoms with Gasteiger partial charge in [0.25, 0.3) is 5.91 Å². The van der Waals surface area contributed by atoms with E-state index in [2.05, 4.69) is 9.88 Å². The molecule has 2 aromatic rings. The molecule has 1 aromatic carbocycles. The third kappa shape index (κ3) is 4.62. The van der Waals surface area contributed by atoms with Crippen molar-refractivity contribution in [3.05, 3.63) is 56.9 Å². The van der Waals surface area contributed by atoms with Crippen LogP contribution in [0.4, 0.5) is 5.69 Å². The number of aromatic nitrogens is 1. The number of hydrogen-bond donors (Lipinski definition) is 6. The molecule has 5 rings (SSSR count). The zero-order valence-corrected chi connectivity index (χ0v) is 26.3. The van der Waals surface area contributed by atoms with Gasteiger partial charge < -0.3 is 35.6 Å². The average molecular weight is 646 g/mol. The SMILES string of the molecule is Cc1noc(C)c1S(=O)(=O)NCc1cc(N(C)C)c2c(c1O)C(=O)C1=C(O)[C@]3(O)C(=O)C(C(N)=O)=C(O)[C@@H](N(C)C)[C@@H]3C[C@@H]1C2. The van der Waals surface area contributed by atoms with Crippen LogP contribution in [0.2, 0.25) is 0 Å². The first-order valence-corrected chi connectivity index (χ1v) is 15.5. The number of anilines is 1. The van der Waals surface area contributed by atoms with Crippen molar-refractivity contribution in [1.29, 1.82) is 0 Å². The molecule has 0 radical (unpaired) electrons. The number of Topliss-reactive ketones (excluding diaryl/α,β-unsaturated/α-hetero) is 2. The summed E-state index contributed by atoms with van der Waals surface area (Å²) in [6.07, 6.45) is 0.0269. The minimum absolute atomic E-state index is 0.0392. The quantitative estimate of drug-likeness (QED) is 0.222. The maximum atomic E-state index is 14.2. The number of aryl methyl sites for hydroxylation is 2. The van der Waals surface area contributed by atoms with Crippen molar-refractivity contribution < 1.29 is 47.8 Å². The largest absolute Gasteiger partial charge is 0.510 e. The molecule has 7 N–H and O–H groups in total. The highest BCUT2D eigenvalue weighted by Gasteiger charge is 2.63. The van der Waals surface area contributed by atoms with E-state index in [0.29, 0.717) is 11.3 Å². The van der Waals surface area contributed by atoms with Gasteiger partial charge in [0.15, 0.2) is 17.1 Å². The van der Waals surface area contributed by atoms with Crippen LogP contribution in [0.15, 0.2) is 38.1 Å². The van der Waals surface area contributed by atoms with Gasteiger partial charge in [-0.15, -0.1) is 0 Å². The Hall–Kier alpha value is -4.25. The summed E-state index contributed by atoms with van der Waals surface area (Å²) < 4.78 is 33.5. The van der Waals surface area contributed by atoms with Gasteiger partial charge in [0.2, 0.25) is 15.8 Å². The van der Waals surface area contributed by atoms with Gasteiger partial charge in [0, 0.05) is 43.4 Å². The third-order valence-electron chi connectivity index (χ3n) is 8.95. The topological polar surface area (TPSA) is 237 Å². The molecule has 3 aliphatic carbocycles. The molecule has 0 unspecified atom stereocenters. The molecule has 1 heterocycles. The van der Waals surface area contributed by atoms with Crippen molar-refractivity contribution in [2.45, 2.75) is 49.8 Å². The Kier molecular flexibility index (Phi) is 7.63. The lowest BCUT2D eigenvalue weighted by molar-refractivity contribution is -0.148. The molecule has 4 atom stereocenters. The van der Waals surface area contributed by atoms with E-state index in [9.17, 15) is 43.2 Å². The van der Waals surface area contributed by atoms with Crippen LogP contribution < -0.4 is 15.4 Å². The highest BCUT2D eigenvalue weighted by Crippen LogP contribution is 2.53. The number of nitrogens with two attached hydrogens (primary N) is 1. The van der Waals surface area contributed by atoms with E-state index in [1.807, 2.05) is 0 Å². The van der Waals surface area contributed by atoms with Crippen molar-refractivity contribution in [3.8, 4) is 5.75 Å². The number of hydrogen-bond acceptors (Lipinski definition) is 13. The van der Waals surface area contributed by atoms with Crippen molar-refractivity contribution >= 4 is 33.2 Å². The molecule has 1 aromatic heterocycles. The molecule has 15 nitrogen and oxygen atoms in total. The number of ketones is 2. The molecule has 1 amide bonds. The van der Waals surface area contributed by atoms with Crippen molar-refractivity contribution in [1.82, 2.24) is 14.8 Å². The lowest BCUT2D eigenvalue weighted by Gasteiger charge is -2.50. The summed E-state index contributed by atoms with van der Waals surface area (Å²) >= 11 is 0. The minimum atomic E-state index is -4.15. The molecule has 0 aliphatic heterocycles. The molecule has 0 spiro atoms. The number of sulfonamides is 1. The van der Waals surface area contributed by atoms with E-state index >= 15 is 0 Å². The number of aliphatic hydroxyl groups excluding tert-OH is 2. The molecular weight excluding hydrogens is 610 g/mol. The Morgan fingerprint density at radius 3 is 2.36 bits per heavy atom. The number of phenols is 1. The number of fused-ring (bicyclic) bond motifs is 3. The van der Waals surface area contributed by atoms with Crippen LogP contribution in [-0.2, 0) is 32.6 Å². The van der Waals surface area contributed by atoms with Crippen LogP contribution >= 0.6 is 0 Å². The second kappa shape index (κ2) is 10.7. The number of rotatable bonds is 7. The first-order valence-electron chi connectivity index (χ1n) is 14.0. The van der Waals surface area contributed by atoms with Gasteiger partial charge in [-0.25, -0.2) is 13.1 Å². The van der Waals surface area contributed by atoms with Crippen LogP contribution in [0, 0.1) is 25.7 Å². The Morgan fingerprint density at radius 2 is 1.82 bits per heavy atom. The van der Waals surface area contributed by atoms with Gasteiger partial charge in [-0.1, -0.05) is 5.16 Å². The molecule has 0 bridgehead atoms. The lowest BCUT2D eigenvalue weighted by Crippen LogP contribution is -2.63. The Bertz CT molecular complexity index is 1820. The summed E-state index contributed by atoms with van der Waals surface area (Å²) in [4.78, 5) is 42.9. The molecular formula is C29H35N5O10S. The molecule has 16 heteroatoms. The van der Waals surface area contributed by atoms with E-state index in [-0.39, 0.29) is 45.9 Å². The van der Waals surface area contributed by atoms with Gasteiger partial charge in [-0.05, 0) is 58.3 Å². The number of aromatic hydroxyl groups is 1. The fourth-order valence-corrected chi connectivity index (χ4v) is 8.32. The fourth-order valence-electron chi connectivity index (χ4n) is 6.99. The Balaban J connectivity index is 1.64. The predicted octanol–water partition coefficient (Wildman–Crippen LogP) is 0.270. The van der Waals surface area contributed by atoms with Gasteiger partial charge in [-0.2, -0.15) is 0 Å². The summed E-state index contributed by atoms with van der Waals surface area (Å²) in [5, 5.41) is 49.3. The molecule has 0 fully saturated rings. The number of aliphatic hydroxyl groups is 3. The number of phenolic OH excluding ortho intramolecular Hbond substituents is 1.